The number of methoxy groups -OCH3 is 3. The van der Waals surface area contributed by atoms with Crippen LogP contribution in [-0.2, 0) is 11.2 Å². The van der Waals surface area contributed by atoms with Gasteiger partial charge in [0.15, 0.2) is 11.5 Å². The van der Waals surface area contributed by atoms with Crippen molar-refractivity contribution in [3.05, 3.63) is 17.7 Å². The van der Waals surface area contributed by atoms with Crippen LogP contribution in [0.15, 0.2) is 12.1 Å². The van der Waals surface area contributed by atoms with Gasteiger partial charge in [-0.1, -0.05) is 0 Å². The minimum atomic E-state index is 0. The van der Waals surface area contributed by atoms with Gasteiger partial charge in [0.2, 0.25) is 11.7 Å². The van der Waals surface area contributed by atoms with E-state index in [1.54, 1.807) is 21.3 Å². The van der Waals surface area contributed by atoms with E-state index in [1.165, 1.54) is 0 Å². The highest BCUT2D eigenvalue weighted by molar-refractivity contribution is 5.85. The van der Waals surface area contributed by atoms with E-state index in [0.717, 1.165) is 24.9 Å². The standard InChI is InChI=1S/C17H26N2O4.ClH/c1-21-14-9-12(10-15(22-2)17(14)23-3)6-7-16(20)19-8-4-5-13(18)11-19;/h9-10,13H,4-8,11,18H2,1-3H3;1H. The van der Waals surface area contributed by atoms with E-state index in [0.29, 0.717) is 36.6 Å². The third-order valence-electron chi connectivity index (χ3n) is 4.16. The van der Waals surface area contributed by atoms with Gasteiger partial charge in [0.1, 0.15) is 0 Å². The van der Waals surface area contributed by atoms with Crippen LogP contribution in [0.4, 0.5) is 0 Å². The topological polar surface area (TPSA) is 74.0 Å². The lowest BCUT2D eigenvalue weighted by molar-refractivity contribution is -0.132. The molecule has 2 N–H and O–H groups in total. The molecule has 0 aromatic heterocycles. The number of aryl methyl sites for hydroxylation is 1. The monoisotopic (exact) mass is 358 g/mol. The Bertz CT molecular complexity index is 528. The molecule has 1 atom stereocenters. The molecule has 1 aliphatic rings. The molecule has 136 valence electrons. The largest absolute Gasteiger partial charge is 0.493 e. The lowest BCUT2D eigenvalue weighted by Crippen LogP contribution is -2.45. The summed E-state index contributed by atoms with van der Waals surface area (Å²) in [6.45, 7) is 1.47. The van der Waals surface area contributed by atoms with Gasteiger partial charge in [0.25, 0.3) is 0 Å². The van der Waals surface area contributed by atoms with Crippen molar-refractivity contribution in [1.82, 2.24) is 4.90 Å². The van der Waals surface area contributed by atoms with E-state index in [4.69, 9.17) is 19.9 Å². The number of hydrogen-bond donors (Lipinski definition) is 1. The quantitative estimate of drug-likeness (QED) is 0.842. The molecule has 0 saturated carbocycles. The normalized spacial score (nSPS) is 17.0. The number of piperidine rings is 1. The van der Waals surface area contributed by atoms with Crippen LogP contribution >= 0.6 is 12.4 Å². The van der Waals surface area contributed by atoms with Gasteiger partial charge >= 0.3 is 0 Å². The van der Waals surface area contributed by atoms with Gasteiger partial charge in [-0.2, -0.15) is 0 Å². The third kappa shape index (κ3) is 4.92. The first-order valence-electron chi connectivity index (χ1n) is 7.91. The summed E-state index contributed by atoms with van der Waals surface area (Å²) in [6.07, 6.45) is 3.06. The van der Waals surface area contributed by atoms with Gasteiger partial charge in [-0.3, -0.25) is 4.79 Å². The highest BCUT2D eigenvalue weighted by atomic mass is 35.5. The van der Waals surface area contributed by atoms with Crippen molar-refractivity contribution in [2.45, 2.75) is 31.7 Å². The zero-order valence-corrected chi connectivity index (χ0v) is 15.4. The van der Waals surface area contributed by atoms with Crippen LogP contribution in [0.5, 0.6) is 17.2 Å². The molecule has 2 rings (SSSR count). The molecule has 1 aromatic rings. The Balaban J connectivity index is 0.00000288. The Morgan fingerprint density at radius 2 is 1.83 bits per heavy atom. The summed E-state index contributed by atoms with van der Waals surface area (Å²) in [7, 11) is 4.74. The number of nitrogens with zero attached hydrogens (tertiary/aromatic N) is 1. The molecule has 6 nitrogen and oxygen atoms in total. The van der Waals surface area contributed by atoms with Crippen molar-refractivity contribution < 1.29 is 19.0 Å². The van der Waals surface area contributed by atoms with E-state index in [-0.39, 0.29) is 24.4 Å². The third-order valence-corrected chi connectivity index (χ3v) is 4.16. The van der Waals surface area contributed by atoms with Crippen molar-refractivity contribution in [1.29, 1.82) is 0 Å². The fourth-order valence-electron chi connectivity index (χ4n) is 2.93. The van der Waals surface area contributed by atoms with Crippen LogP contribution in [0.3, 0.4) is 0 Å². The Kier molecular flexibility index (Phi) is 8.15. The van der Waals surface area contributed by atoms with Crippen LogP contribution in [0, 0.1) is 0 Å². The highest BCUT2D eigenvalue weighted by Gasteiger charge is 2.21. The molecule has 0 aliphatic carbocycles. The number of halogens is 1. The van der Waals surface area contributed by atoms with Gasteiger partial charge in [-0.25, -0.2) is 0 Å². The number of likely N-dealkylation sites (tertiary alicyclic amines) is 1. The summed E-state index contributed by atoms with van der Waals surface area (Å²) < 4.78 is 16.0. The predicted octanol–water partition coefficient (Wildman–Crippen LogP) is 2.02. The molecule has 7 heteroatoms. The van der Waals surface area contributed by atoms with Crippen LogP contribution in [0.1, 0.15) is 24.8 Å². The molecular formula is C17H27ClN2O4. The molecule has 0 spiro atoms. The molecule has 1 aromatic carbocycles. The molecule has 1 unspecified atom stereocenters. The van der Waals surface area contributed by atoms with Gasteiger partial charge in [-0.15, -0.1) is 12.4 Å². The first-order chi connectivity index (χ1) is 11.1. The fraction of sp³-hybridized carbons (Fsp3) is 0.588. The summed E-state index contributed by atoms with van der Waals surface area (Å²) in [5.41, 5.74) is 6.92. The lowest BCUT2D eigenvalue weighted by atomic mass is 10.0. The fourth-order valence-corrected chi connectivity index (χ4v) is 2.93. The zero-order chi connectivity index (χ0) is 16.8. The summed E-state index contributed by atoms with van der Waals surface area (Å²) in [6, 6.07) is 3.88. The Morgan fingerprint density at radius 1 is 1.21 bits per heavy atom. The smallest absolute Gasteiger partial charge is 0.222 e. The van der Waals surface area contributed by atoms with Crippen LogP contribution in [0.2, 0.25) is 0 Å². The van der Waals surface area contributed by atoms with Crippen LogP contribution < -0.4 is 19.9 Å². The van der Waals surface area contributed by atoms with Crippen molar-refractivity contribution >= 4 is 18.3 Å². The number of amides is 1. The van der Waals surface area contributed by atoms with Crippen molar-refractivity contribution in [2.75, 3.05) is 34.4 Å². The first kappa shape index (κ1) is 20.4. The second-order valence-corrected chi connectivity index (χ2v) is 5.78. The highest BCUT2D eigenvalue weighted by Crippen LogP contribution is 2.38. The first-order valence-corrected chi connectivity index (χ1v) is 7.91. The maximum Gasteiger partial charge on any atom is 0.222 e. The summed E-state index contributed by atoms with van der Waals surface area (Å²) in [5, 5.41) is 0. The number of hydrogen-bond acceptors (Lipinski definition) is 5. The molecule has 1 saturated heterocycles. The molecular weight excluding hydrogens is 332 g/mol. The second kappa shape index (κ2) is 9.59. The summed E-state index contributed by atoms with van der Waals surface area (Å²) in [5.74, 6) is 1.92. The minimum absolute atomic E-state index is 0. The maximum atomic E-state index is 12.3. The lowest BCUT2D eigenvalue weighted by Gasteiger charge is -2.30. The zero-order valence-electron chi connectivity index (χ0n) is 14.5. The average Bonchev–Trinajstić information content (AvgIpc) is 2.58. The molecule has 1 aliphatic heterocycles. The maximum absolute atomic E-state index is 12.3. The van der Waals surface area contributed by atoms with E-state index >= 15 is 0 Å². The summed E-state index contributed by atoms with van der Waals surface area (Å²) in [4.78, 5) is 14.2. The van der Waals surface area contributed by atoms with Crippen molar-refractivity contribution in [3.8, 4) is 17.2 Å². The van der Waals surface area contributed by atoms with Crippen molar-refractivity contribution in [3.63, 3.8) is 0 Å². The number of ether oxygens (including phenoxy) is 3. The number of carbonyl (C=O) groups is 1. The predicted molar refractivity (Wildman–Crippen MR) is 95.5 cm³/mol. The molecule has 1 fully saturated rings. The molecule has 0 radical (unpaired) electrons. The number of carbonyl (C=O) groups excluding carboxylic acids is 1. The van der Waals surface area contributed by atoms with Gasteiger partial charge in [-0.05, 0) is 37.0 Å². The molecule has 0 bridgehead atoms. The molecule has 1 amide bonds. The SMILES string of the molecule is COc1cc(CCC(=O)N2CCCC(N)C2)cc(OC)c1OC.Cl. The van der Waals surface area contributed by atoms with Crippen LogP contribution in [-0.4, -0.2) is 51.3 Å². The summed E-state index contributed by atoms with van der Waals surface area (Å²) >= 11 is 0. The number of rotatable bonds is 6. The Morgan fingerprint density at radius 3 is 2.33 bits per heavy atom. The van der Waals surface area contributed by atoms with Gasteiger partial charge < -0.3 is 24.8 Å². The van der Waals surface area contributed by atoms with E-state index in [9.17, 15) is 4.79 Å². The average molecular weight is 359 g/mol. The minimum Gasteiger partial charge on any atom is -0.493 e. The van der Waals surface area contributed by atoms with E-state index in [1.807, 2.05) is 17.0 Å². The van der Waals surface area contributed by atoms with E-state index < -0.39 is 0 Å². The molecule has 1 heterocycles. The second-order valence-electron chi connectivity index (χ2n) is 5.78. The van der Waals surface area contributed by atoms with Crippen molar-refractivity contribution in [2.24, 2.45) is 5.73 Å². The van der Waals surface area contributed by atoms with Crippen LogP contribution in [0.25, 0.3) is 0 Å². The van der Waals surface area contributed by atoms with E-state index in [2.05, 4.69) is 0 Å². The van der Waals surface area contributed by atoms with Gasteiger partial charge in [0, 0.05) is 25.6 Å². The molecule has 24 heavy (non-hydrogen) atoms. The number of benzene rings is 1. The number of nitrogens with two attached hydrogens (primary N) is 1. The Labute approximate surface area is 149 Å². The Hall–Kier alpha value is -1.66. The van der Waals surface area contributed by atoms with Gasteiger partial charge in [0.05, 0.1) is 21.3 Å².